The Labute approximate surface area is 109 Å². The van der Waals surface area contributed by atoms with E-state index in [1.807, 2.05) is 0 Å². The summed E-state index contributed by atoms with van der Waals surface area (Å²) >= 11 is 0. The summed E-state index contributed by atoms with van der Waals surface area (Å²) in [7, 11) is 1.51. The van der Waals surface area contributed by atoms with Gasteiger partial charge in [-0.1, -0.05) is 6.07 Å². The molecule has 2 N–H and O–H groups in total. The van der Waals surface area contributed by atoms with Crippen molar-refractivity contribution in [2.24, 2.45) is 5.92 Å². The molecule has 0 amide bonds. The van der Waals surface area contributed by atoms with Crippen molar-refractivity contribution < 1.29 is 4.74 Å². The number of rotatable bonds is 3. The first-order valence-corrected chi connectivity index (χ1v) is 6.21. The quantitative estimate of drug-likeness (QED) is 0.810. The first kappa shape index (κ1) is 12.0. The average molecular weight is 261 g/mol. The molecule has 1 aliphatic heterocycles. The number of methoxy groups -OCH3 is 1. The molecule has 1 aromatic carbocycles. The summed E-state index contributed by atoms with van der Waals surface area (Å²) in [6.45, 7) is 2.15. The normalized spacial score (nSPS) is 15.4. The lowest BCUT2D eigenvalue weighted by Gasteiger charge is -2.27. The van der Waals surface area contributed by atoms with Crippen molar-refractivity contribution in [3.63, 3.8) is 0 Å². The van der Waals surface area contributed by atoms with Gasteiger partial charge in [0.25, 0.3) is 5.56 Å². The monoisotopic (exact) mass is 261 g/mol. The number of fused-ring (bicyclic) bond motifs is 1. The summed E-state index contributed by atoms with van der Waals surface area (Å²) in [4.78, 5) is 27.1. The van der Waals surface area contributed by atoms with E-state index in [0.717, 1.165) is 13.1 Å². The molecule has 2 aromatic rings. The number of nitrogens with zero attached hydrogens (tertiary/aromatic N) is 1. The molecular formula is C13H15N3O3. The molecule has 2 heterocycles. The molecule has 1 aromatic heterocycles. The molecular weight excluding hydrogens is 246 g/mol. The molecule has 1 fully saturated rings. The van der Waals surface area contributed by atoms with Crippen LogP contribution in [0.1, 0.15) is 0 Å². The summed E-state index contributed by atoms with van der Waals surface area (Å²) in [6.07, 6.45) is 0. The zero-order chi connectivity index (χ0) is 13.4. The lowest BCUT2D eigenvalue weighted by molar-refractivity contribution is 0.299. The van der Waals surface area contributed by atoms with E-state index < -0.39 is 0 Å². The largest absolute Gasteiger partial charge is 0.495 e. The summed E-state index contributed by atoms with van der Waals surface area (Å²) in [6, 6.07) is 5.17. The molecule has 0 bridgehead atoms. The predicted octanol–water partition coefficient (Wildman–Crippen LogP) is -0.0822. The van der Waals surface area contributed by atoms with Crippen molar-refractivity contribution in [2.75, 3.05) is 20.2 Å². The van der Waals surface area contributed by atoms with Crippen LogP contribution in [0.2, 0.25) is 0 Å². The number of benzene rings is 1. The number of aromatic nitrogens is 2. The molecule has 3 rings (SSSR count). The minimum absolute atomic E-state index is 0.260. The molecule has 0 atom stereocenters. The molecule has 0 unspecified atom stereocenters. The number of aromatic amines is 1. The first-order valence-electron chi connectivity index (χ1n) is 6.21. The fourth-order valence-corrected chi connectivity index (χ4v) is 2.32. The fraction of sp³-hybridized carbons (Fsp3) is 0.385. The number of hydrogen-bond acceptors (Lipinski definition) is 4. The van der Waals surface area contributed by atoms with Gasteiger partial charge in [-0.05, 0) is 12.1 Å². The zero-order valence-corrected chi connectivity index (χ0v) is 10.6. The van der Waals surface area contributed by atoms with Gasteiger partial charge in [-0.3, -0.25) is 9.36 Å². The zero-order valence-electron chi connectivity index (χ0n) is 10.6. The van der Waals surface area contributed by atoms with Gasteiger partial charge in [-0.2, -0.15) is 0 Å². The van der Waals surface area contributed by atoms with Crippen LogP contribution < -0.4 is 21.3 Å². The molecule has 1 aliphatic rings. The lowest BCUT2D eigenvalue weighted by Crippen LogP contribution is -2.48. The molecule has 6 nitrogen and oxygen atoms in total. The van der Waals surface area contributed by atoms with Gasteiger partial charge in [0.1, 0.15) is 5.75 Å². The molecule has 0 saturated carbocycles. The van der Waals surface area contributed by atoms with Crippen molar-refractivity contribution in [3.8, 4) is 5.75 Å². The minimum atomic E-state index is -0.381. The molecule has 0 aliphatic carbocycles. The van der Waals surface area contributed by atoms with Crippen LogP contribution in [0.4, 0.5) is 0 Å². The maximum absolute atomic E-state index is 12.4. The maximum atomic E-state index is 12.4. The van der Waals surface area contributed by atoms with Crippen LogP contribution in [-0.4, -0.2) is 29.8 Å². The Morgan fingerprint density at radius 1 is 1.37 bits per heavy atom. The molecule has 100 valence electrons. The third kappa shape index (κ3) is 1.94. The fourth-order valence-electron chi connectivity index (χ4n) is 2.32. The molecule has 6 heteroatoms. The molecule has 0 radical (unpaired) electrons. The van der Waals surface area contributed by atoms with Crippen LogP contribution in [0.15, 0.2) is 27.8 Å². The smallest absolute Gasteiger partial charge is 0.328 e. The van der Waals surface area contributed by atoms with Crippen LogP contribution in [0.25, 0.3) is 10.9 Å². The third-order valence-corrected chi connectivity index (χ3v) is 3.51. The Hall–Kier alpha value is -2.08. The summed E-state index contributed by atoms with van der Waals surface area (Å²) in [5.74, 6) is 0.853. The second-order valence-electron chi connectivity index (χ2n) is 4.75. The third-order valence-electron chi connectivity index (χ3n) is 3.51. The number of hydrogen-bond donors (Lipinski definition) is 2. The topological polar surface area (TPSA) is 76.1 Å². The minimum Gasteiger partial charge on any atom is -0.495 e. The summed E-state index contributed by atoms with van der Waals surface area (Å²) in [5, 5.41) is 3.61. The number of para-hydroxylation sites is 1. The van der Waals surface area contributed by atoms with E-state index in [2.05, 4.69) is 10.3 Å². The van der Waals surface area contributed by atoms with E-state index in [-0.39, 0.29) is 11.2 Å². The van der Waals surface area contributed by atoms with Crippen LogP contribution in [0.5, 0.6) is 5.75 Å². The summed E-state index contributed by atoms with van der Waals surface area (Å²) in [5.41, 5.74) is -0.179. The van der Waals surface area contributed by atoms with Gasteiger partial charge >= 0.3 is 5.69 Å². The SMILES string of the molecule is COc1cccc2c(=O)n(CC3CNC3)c(=O)[nH]c12. The highest BCUT2D eigenvalue weighted by molar-refractivity contribution is 5.83. The first-order chi connectivity index (χ1) is 9.20. The average Bonchev–Trinajstić information content (AvgIpc) is 2.36. The van der Waals surface area contributed by atoms with Gasteiger partial charge in [-0.25, -0.2) is 4.79 Å². The van der Waals surface area contributed by atoms with E-state index in [1.165, 1.54) is 11.7 Å². The van der Waals surface area contributed by atoms with Crippen molar-refractivity contribution in [1.29, 1.82) is 0 Å². The van der Waals surface area contributed by atoms with Crippen LogP contribution in [0, 0.1) is 5.92 Å². The lowest BCUT2D eigenvalue weighted by atomic mass is 10.0. The Morgan fingerprint density at radius 3 is 2.79 bits per heavy atom. The Morgan fingerprint density at radius 2 is 2.16 bits per heavy atom. The van der Waals surface area contributed by atoms with Crippen LogP contribution >= 0.6 is 0 Å². The van der Waals surface area contributed by atoms with Gasteiger partial charge in [0, 0.05) is 25.6 Å². The number of nitrogens with one attached hydrogen (secondary N) is 2. The van der Waals surface area contributed by atoms with Crippen molar-refractivity contribution in [2.45, 2.75) is 6.54 Å². The number of H-pyrrole nitrogens is 1. The van der Waals surface area contributed by atoms with Gasteiger partial charge in [0.2, 0.25) is 0 Å². The summed E-state index contributed by atoms with van der Waals surface area (Å²) < 4.78 is 6.43. The van der Waals surface area contributed by atoms with Gasteiger partial charge in [0.15, 0.2) is 0 Å². The van der Waals surface area contributed by atoms with Crippen molar-refractivity contribution in [1.82, 2.24) is 14.9 Å². The molecule has 19 heavy (non-hydrogen) atoms. The standard InChI is InChI=1S/C13H15N3O3/c1-19-10-4-2-3-9-11(10)15-13(18)16(12(9)17)7-8-5-14-6-8/h2-4,8,14H,5-7H2,1H3,(H,15,18). The van der Waals surface area contributed by atoms with E-state index in [0.29, 0.717) is 29.1 Å². The van der Waals surface area contributed by atoms with Gasteiger partial charge in [-0.15, -0.1) is 0 Å². The molecule has 0 spiro atoms. The highest BCUT2D eigenvalue weighted by Gasteiger charge is 2.20. The van der Waals surface area contributed by atoms with E-state index >= 15 is 0 Å². The van der Waals surface area contributed by atoms with Gasteiger partial charge < -0.3 is 15.0 Å². The maximum Gasteiger partial charge on any atom is 0.328 e. The van der Waals surface area contributed by atoms with Crippen molar-refractivity contribution >= 4 is 10.9 Å². The van der Waals surface area contributed by atoms with Crippen molar-refractivity contribution in [3.05, 3.63) is 39.0 Å². The van der Waals surface area contributed by atoms with Gasteiger partial charge in [0.05, 0.1) is 18.0 Å². The highest BCUT2D eigenvalue weighted by atomic mass is 16.5. The highest BCUT2D eigenvalue weighted by Crippen LogP contribution is 2.19. The van der Waals surface area contributed by atoms with E-state index in [4.69, 9.17) is 4.74 Å². The predicted molar refractivity (Wildman–Crippen MR) is 71.7 cm³/mol. The Kier molecular flexibility index (Phi) is 2.87. The second kappa shape index (κ2) is 4.55. The van der Waals surface area contributed by atoms with E-state index in [1.54, 1.807) is 18.2 Å². The van der Waals surface area contributed by atoms with E-state index in [9.17, 15) is 9.59 Å². The Balaban J connectivity index is 2.19. The second-order valence-corrected chi connectivity index (χ2v) is 4.75. The molecule has 1 saturated heterocycles. The number of ether oxygens (including phenoxy) is 1. The van der Waals surface area contributed by atoms with Crippen LogP contribution in [0.3, 0.4) is 0 Å². The van der Waals surface area contributed by atoms with Crippen LogP contribution in [-0.2, 0) is 6.54 Å². The Bertz CT molecular complexity index is 728.